The third-order valence-corrected chi connectivity index (χ3v) is 5.89. The zero-order valence-corrected chi connectivity index (χ0v) is 17.0. The minimum absolute atomic E-state index is 0.230. The lowest BCUT2D eigenvalue weighted by molar-refractivity contribution is -0.123. The Balaban J connectivity index is 1.51. The average Bonchev–Trinajstić information content (AvgIpc) is 3.18. The molecule has 4 rings (SSSR count). The third kappa shape index (κ3) is 3.44. The van der Waals surface area contributed by atoms with Crippen LogP contribution in [0.15, 0.2) is 53.9 Å². The van der Waals surface area contributed by atoms with Gasteiger partial charge in [0.2, 0.25) is 0 Å². The number of ether oxygens (including phenoxy) is 1. The second-order valence-electron chi connectivity index (χ2n) is 6.93. The molecule has 0 bridgehead atoms. The van der Waals surface area contributed by atoms with E-state index in [4.69, 9.17) is 4.74 Å². The highest BCUT2D eigenvalue weighted by Gasteiger charge is 2.30. The predicted octanol–water partition coefficient (Wildman–Crippen LogP) is 4.02. The molecule has 0 aliphatic heterocycles. The number of hydrogen-bond donors (Lipinski definition) is 1. The first-order valence-electron chi connectivity index (χ1n) is 9.25. The molecule has 1 aromatic heterocycles. The zero-order chi connectivity index (χ0) is 21.4. The molecule has 1 amide bonds. The van der Waals surface area contributed by atoms with E-state index in [0.29, 0.717) is 27.3 Å². The number of hydrogen-bond acceptors (Lipinski definition) is 6. The van der Waals surface area contributed by atoms with E-state index in [-0.39, 0.29) is 17.1 Å². The van der Waals surface area contributed by atoms with E-state index in [9.17, 15) is 19.2 Å². The molecular weight excluding hydrogens is 402 g/mol. The number of carbonyl (C=O) groups is 4. The second kappa shape index (κ2) is 7.68. The summed E-state index contributed by atoms with van der Waals surface area (Å²) in [5.74, 6) is -1.60. The molecule has 1 unspecified atom stereocenters. The van der Waals surface area contributed by atoms with Gasteiger partial charge in [-0.05, 0) is 49.1 Å². The van der Waals surface area contributed by atoms with E-state index in [1.165, 1.54) is 30.4 Å². The van der Waals surface area contributed by atoms with Crippen molar-refractivity contribution < 1.29 is 23.9 Å². The van der Waals surface area contributed by atoms with Crippen LogP contribution in [0.3, 0.4) is 0 Å². The molecule has 6 nitrogen and oxygen atoms in total. The number of anilines is 1. The maximum atomic E-state index is 12.8. The molecule has 1 heterocycles. The molecule has 7 heteroatoms. The molecule has 1 atom stereocenters. The van der Waals surface area contributed by atoms with Crippen molar-refractivity contribution in [2.75, 3.05) is 5.32 Å². The van der Waals surface area contributed by atoms with Crippen LogP contribution in [0.1, 0.15) is 54.0 Å². The monoisotopic (exact) mass is 419 g/mol. The van der Waals surface area contributed by atoms with Gasteiger partial charge >= 0.3 is 5.97 Å². The van der Waals surface area contributed by atoms with Crippen molar-refractivity contribution in [3.05, 3.63) is 86.6 Å². The van der Waals surface area contributed by atoms with Crippen LogP contribution in [0.2, 0.25) is 0 Å². The van der Waals surface area contributed by atoms with Gasteiger partial charge in [0.15, 0.2) is 17.7 Å². The number of fused-ring (bicyclic) bond motifs is 2. The first-order chi connectivity index (χ1) is 14.4. The SMILES string of the molecule is Cc1ccsc1C(=O)OC(C)C(=O)Nc1ccc2c(c1)C(=O)c1ccccc1C2=O. The van der Waals surface area contributed by atoms with Crippen LogP contribution >= 0.6 is 11.3 Å². The number of aryl methyl sites for hydroxylation is 1. The highest BCUT2D eigenvalue weighted by Crippen LogP contribution is 2.29. The summed E-state index contributed by atoms with van der Waals surface area (Å²) in [5, 5.41) is 4.42. The fraction of sp³-hybridized carbons (Fsp3) is 0.130. The summed E-state index contributed by atoms with van der Waals surface area (Å²) in [5.41, 5.74) is 2.37. The molecule has 0 saturated carbocycles. The van der Waals surface area contributed by atoms with Gasteiger partial charge in [-0.15, -0.1) is 11.3 Å². The topological polar surface area (TPSA) is 89.5 Å². The van der Waals surface area contributed by atoms with Gasteiger partial charge in [-0.1, -0.05) is 24.3 Å². The van der Waals surface area contributed by atoms with Crippen LogP contribution in [0.5, 0.6) is 0 Å². The fourth-order valence-corrected chi connectivity index (χ4v) is 4.08. The lowest BCUT2D eigenvalue weighted by Crippen LogP contribution is -2.30. The molecule has 1 N–H and O–H groups in total. The van der Waals surface area contributed by atoms with E-state index >= 15 is 0 Å². The van der Waals surface area contributed by atoms with Gasteiger partial charge in [0.25, 0.3) is 5.91 Å². The lowest BCUT2D eigenvalue weighted by Gasteiger charge is -2.19. The van der Waals surface area contributed by atoms with Gasteiger partial charge in [0, 0.05) is 27.9 Å². The fourth-order valence-electron chi connectivity index (χ4n) is 3.27. The number of benzene rings is 2. The van der Waals surface area contributed by atoms with Crippen molar-refractivity contribution in [1.82, 2.24) is 0 Å². The summed E-state index contributed by atoms with van der Waals surface area (Å²) in [6.45, 7) is 3.26. The summed E-state index contributed by atoms with van der Waals surface area (Å²) in [6, 6.07) is 13.0. The number of carbonyl (C=O) groups excluding carboxylic acids is 4. The normalized spacial score (nSPS) is 13.3. The molecule has 2 aromatic carbocycles. The minimum atomic E-state index is -1.03. The number of amides is 1. The number of nitrogens with one attached hydrogen (secondary N) is 1. The number of esters is 1. The molecule has 150 valence electrons. The Bertz CT molecular complexity index is 1210. The van der Waals surface area contributed by atoms with Crippen molar-refractivity contribution in [2.24, 2.45) is 0 Å². The van der Waals surface area contributed by atoms with Gasteiger partial charge in [-0.3, -0.25) is 14.4 Å². The number of thiophene rings is 1. The van der Waals surface area contributed by atoms with E-state index in [0.717, 1.165) is 5.56 Å². The van der Waals surface area contributed by atoms with E-state index in [1.807, 2.05) is 0 Å². The van der Waals surface area contributed by atoms with Crippen LogP contribution in [-0.4, -0.2) is 29.5 Å². The molecule has 30 heavy (non-hydrogen) atoms. The first kappa shape index (κ1) is 19.7. The average molecular weight is 419 g/mol. The van der Waals surface area contributed by atoms with Crippen LogP contribution < -0.4 is 5.32 Å². The number of ketones is 2. The summed E-state index contributed by atoms with van der Waals surface area (Å²) in [7, 11) is 0. The van der Waals surface area contributed by atoms with Gasteiger partial charge in [0.05, 0.1) is 0 Å². The first-order valence-corrected chi connectivity index (χ1v) is 10.1. The predicted molar refractivity (Wildman–Crippen MR) is 112 cm³/mol. The molecule has 1 aliphatic rings. The van der Waals surface area contributed by atoms with E-state index in [1.54, 1.807) is 48.7 Å². The van der Waals surface area contributed by atoms with Gasteiger partial charge < -0.3 is 10.1 Å². The van der Waals surface area contributed by atoms with Crippen LogP contribution in [-0.2, 0) is 9.53 Å². The zero-order valence-electron chi connectivity index (χ0n) is 16.2. The largest absolute Gasteiger partial charge is 0.448 e. The smallest absolute Gasteiger partial charge is 0.349 e. The van der Waals surface area contributed by atoms with Gasteiger partial charge in [-0.25, -0.2) is 4.79 Å². The van der Waals surface area contributed by atoms with Crippen LogP contribution in [0.4, 0.5) is 5.69 Å². The Hall–Kier alpha value is -3.58. The molecule has 0 saturated heterocycles. The molecule has 0 radical (unpaired) electrons. The molecular formula is C23H17NO5S. The van der Waals surface area contributed by atoms with E-state index in [2.05, 4.69) is 5.32 Å². The number of rotatable bonds is 4. The minimum Gasteiger partial charge on any atom is -0.448 e. The van der Waals surface area contributed by atoms with Crippen LogP contribution in [0.25, 0.3) is 0 Å². The van der Waals surface area contributed by atoms with Gasteiger partial charge in [-0.2, -0.15) is 0 Å². The summed E-state index contributed by atoms with van der Waals surface area (Å²) in [4.78, 5) is 50.6. The van der Waals surface area contributed by atoms with Gasteiger partial charge in [0.1, 0.15) is 4.88 Å². The maximum Gasteiger partial charge on any atom is 0.349 e. The standard InChI is InChI=1S/C23H17NO5S/c1-12-9-10-30-21(12)23(28)29-13(2)22(27)24-14-7-8-17-18(11-14)20(26)16-6-4-3-5-15(16)19(17)25/h3-11,13H,1-2H3,(H,24,27). The Morgan fingerprint density at radius 1 is 0.933 bits per heavy atom. The Labute approximate surface area is 176 Å². The van der Waals surface area contributed by atoms with Crippen molar-refractivity contribution in [3.8, 4) is 0 Å². The van der Waals surface area contributed by atoms with Crippen molar-refractivity contribution in [2.45, 2.75) is 20.0 Å². The molecule has 3 aromatic rings. The lowest BCUT2D eigenvalue weighted by atomic mass is 9.84. The Morgan fingerprint density at radius 2 is 1.57 bits per heavy atom. The Kier molecular flexibility index (Phi) is 5.05. The quantitative estimate of drug-likeness (QED) is 0.505. The third-order valence-electron chi connectivity index (χ3n) is 4.89. The second-order valence-corrected chi connectivity index (χ2v) is 7.85. The van der Waals surface area contributed by atoms with Crippen LogP contribution in [0, 0.1) is 6.92 Å². The summed E-state index contributed by atoms with van der Waals surface area (Å²) in [6.07, 6.45) is -1.03. The van der Waals surface area contributed by atoms with Crippen molar-refractivity contribution in [3.63, 3.8) is 0 Å². The summed E-state index contributed by atoms with van der Waals surface area (Å²) >= 11 is 1.25. The van der Waals surface area contributed by atoms with Crippen molar-refractivity contribution >= 4 is 40.5 Å². The maximum absolute atomic E-state index is 12.8. The Morgan fingerprint density at radius 3 is 2.20 bits per heavy atom. The van der Waals surface area contributed by atoms with Crippen molar-refractivity contribution in [1.29, 1.82) is 0 Å². The molecule has 1 aliphatic carbocycles. The summed E-state index contributed by atoms with van der Waals surface area (Å²) < 4.78 is 5.25. The highest BCUT2D eigenvalue weighted by molar-refractivity contribution is 7.12. The molecule has 0 fully saturated rings. The highest BCUT2D eigenvalue weighted by atomic mass is 32.1. The molecule has 0 spiro atoms. The van der Waals surface area contributed by atoms with E-state index < -0.39 is 18.0 Å².